The molecule has 11 heteroatoms. The second kappa shape index (κ2) is 8.57. The Labute approximate surface area is 168 Å². The molecule has 1 aromatic heterocycles. The lowest BCUT2D eigenvalue weighted by Crippen LogP contribution is -2.36. The molecular weight excluding hydrogens is 408 g/mol. The molecule has 2 heterocycles. The van der Waals surface area contributed by atoms with Crippen LogP contribution >= 0.6 is 0 Å². The maximum Gasteiger partial charge on any atom is 0.490 e. The van der Waals surface area contributed by atoms with Gasteiger partial charge in [0.2, 0.25) is 0 Å². The topological polar surface area (TPSA) is 93.6 Å². The summed E-state index contributed by atoms with van der Waals surface area (Å²) in [4.78, 5) is 15.5. The number of nitrogens with zero attached hydrogens (tertiary/aromatic N) is 3. The van der Waals surface area contributed by atoms with Gasteiger partial charge in [-0.3, -0.25) is 4.57 Å². The Morgan fingerprint density at radius 3 is 2.40 bits per heavy atom. The molecule has 0 bridgehead atoms. The van der Waals surface area contributed by atoms with E-state index in [1.165, 1.54) is 12.1 Å². The zero-order chi connectivity index (χ0) is 21.9. The van der Waals surface area contributed by atoms with E-state index in [9.17, 15) is 17.6 Å². The zero-order valence-electron chi connectivity index (χ0n) is 15.6. The van der Waals surface area contributed by atoms with E-state index in [-0.39, 0.29) is 5.82 Å². The highest BCUT2D eigenvalue weighted by molar-refractivity contribution is 5.92. The SMILES string of the molecule is Nc1cc(N2CCOCC2)cc2c1ncn2-c1cccc(F)c1.O=C(O)C(F)(F)F. The maximum atomic E-state index is 13.5. The quantitative estimate of drug-likeness (QED) is 0.483. The van der Waals surface area contributed by atoms with E-state index in [1.807, 2.05) is 16.7 Å². The molecule has 30 heavy (non-hydrogen) atoms. The lowest BCUT2D eigenvalue weighted by molar-refractivity contribution is -0.192. The first-order valence-electron chi connectivity index (χ1n) is 8.82. The molecule has 7 nitrogen and oxygen atoms in total. The summed E-state index contributed by atoms with van der Waals surface area (Å²) in [5, 5.41) is 7.12. The number of fused-ring (bicyclic) bond motifs is 1. The Bertz CT molecular complexity index is 1050. The van der Waals surface area contributed by atoms with Crippen molar-refractivity contribution in [2.24, 2.45) is 0 Å². The minimum Gasteiger partial charge on any atom is -0.475 e. The summed E-state index contributed by atoms with van der Waals surface area (Å²) in [6.45, 7) is 3.08. The van der Waals surface area contributed by atoms with Crippen molar-refractivity contribution >= 4 is 28.4 Å². The lowest BCUT2D eigenvalue weighted by atomic mass is 10.2. The number of alkyl halides is 3. The van der Waals surface area contributed by atoms with Gasteiger partial charge in [0.15, 0.2) is 0 Å². The number of carbonyl (C=O) groups is 1. The van der Waals surface area contributed by atoms with E-state index in [1.54, 1.807) is 12.4 Å². The van der Waals surface area contributed by atoms with Gasteiger partial charge in [0.1, 0.15) is 17.7 Å². The Morgan fingerprint density at radius 2 is 1.80 bits per heavy atom. The number of ether oxygens (including phenoxy) is 1. The number of morpholine rings is 1. The van der Waals surface area contributed by atoms with Crippen molar-refractivity contribution in [2.75, 3.05) is 36.9 Å². The monoisotopic (exact) mass is 426 g/mol. The van der Waals surface area contributed by atoms with Crippen LogP contribution in [0.25, 0.3) is 16.7 Å². The Hall–Kier alpha value is -3.34. The van der Waals surface area contributed by atoms with Gasteiger partial charge >= 0.3 is 12.1 Å². The summed E-state index contributed by atoms with van der Waals surface area (Å²) in [5.41, 5.74) is 10.2. The van der Waals surface area contributed by atoms with Crippen LogP contribution in [0.3, 0.4) is 0 Å². The standard InChI is InChI=1S/C17H17FN4O.C2HF3O2/c18-12-2-1-3-13(8-12)22-11-20-17-15(19)9-14(10-16(17)22)21-4-6-23-7-5-21;3-2(4,5)1(6)7/h1-3,8-11H,4-7,19H2;(H,6,7). The fourth-order valence-corrected chi connectivity index (χ4v) is 2.96. The Morgan fingerprint density at radius 1 is 1.13 bits per heavy atom. The molecule has 3 N–H and O–H groups in total. The van der Waals surface area contributed by atoms with Gasteiger partial charge < -0.3 is 20.5 Å². The van der Waals surface area contributed by atoms with Crippen LogP contribution in [-0.4, -0.2) is 53.1 Å². The van der Waals surface area contributed by atoms with E-state index in [0.717, 1.165) is 35.5 Å². The first kappa shape index (κ1) is 21.4. The molecule has 0 amide bonds. The second-order valence-corrected chi connectivity index (χ2v) is 6.40. The van der Waals surface area contributed by atoms with Crippen LogP contribution in [0.1, 0.15) is 0 Å². The first-order chi connectivity index (χ1) is 14.2. The van der Waals surface area contributed by atoms with Crippen molar-refractivity contribution in [3.63, 3.8) is 0 Å². The van der Waals surface area contributed by atoms with Gasteiger partial charge in [-0.05, 0) is 30.3 Å². The van der Waals surface area contributed by atoms with Gasteiger partial charge in [-0.25, -0.2) is 14.2 Å². The highest BCUT2D eigenvalue weighted by atomic mass is 19.4. The molecule has 0 radical (unpaired) electrons. The maximum absolute atomic E-state index is 13.5. The summed E-state index contributed by atoms with van der Waals surface area (Å²) in [6.07, 6.45) is -3.40. The molecule has 1 aliphatic rings. The predicted octanol–water partition coefficient (Wildman–Crippen LogP) is 3.22. The van der Waals surface area contributed by atoms with Crippen molar-refractivity contribution in [1.29, 1.82) is 0 Å². The summed E-state index contributed by atoms with van der Waals surface area (Å²) >= 11 is 0. The molecule has 1 fully saturated rings. The number of anilines is 2. The number of hydrogen-bond donors (Lipinski definition) is 2. The van der Waals surface area contributed by atoms with Crippen molar-refractivity contribution in [2.45, 2.75) is 6.18 Å². The third kappa shape index (κ3) is 4.79. The first-order valence-corrected chi connectivity index (χ1v) is 8.82. The number of rotatable bonds is 2. The summed E-state index contributed by atoms with van der Waals surface area (Å²) < 4.78 is 52.5. The van der Waals surface area contributed by atoms with Crippen LogP contribution in [0, 0.1) is 5.82 Å². The van der Waals surface area contributed by atoms with E-state index in [4.69, 9.17) is 20.4 Å². The number of benzene rings is 2. The number of imidazole rings is 1. The highest BCUT2D eigenvalue weighted by Gasteiger charge is 2.38. The normalized spacial score (nSPS) is 14.3. The molecule has 1 aliphatic heterocycles. The largest absolute Gasteiger partial charge is 0.490 e. The number of nitrogens with two attached hydrogens (primary N) is 1. The van der Waals surface area contributed by atoms with E-state index in [2.05, 4.69) is 16.0 Å². The number of hydrogen-bond acceptors (Lipinski definition) is 5. The van der Waals surface area contributed by atoms with Gasteiger partial charge in [-0.2, -0.15) is 13.2 Å². The van der Waals surface area contributed by atoms with E-state index < -0.39 is 12.1 Å². The lowest BCUT2D eigenvalue weighted by Gasteiger charge is -2.29. The molecule has 2 aromatic carbocycles. The van der Waals surface area contributed by atoms with Crippen LogP contribution in [0.2, 0.25) is 0 Å². The number of carboxylic acid groups (broad SMARTS) is 1. The smallest absolute Gasteiger partial charge is 0.475 e. The third-order valence-corrected chi connectivity index (χ3v) is 4.37. The molecule has 160 valence electrons. The Balaban J connectivity index is 0.000000318. The predicted molar refractivity (Wildman–Crippen MR) is 102 cm³/mol. The Kier molecular flexibility index (Phi) is 6.11. The summed E-state index contributed by atoms with van der Waals surface area (Å²) in [6, 6.07) is 10.4. The van der Waals surface area contributed by atoms with E-state index >= 15 is 0 Å². The average Bonchev–Trinajstić information content (AvgIpc) is 3.13. The van der Waals surface area contributed by atoms with Gasteiger partial charge in [0.25, 0.3) is 0 Å². The molecule has 0 aliphatic carbocycles. The molecular formula is C19H18F4N4O3. The molecule has 3 aromatic rings. The van der Waals surface area contributed by atoms with Crippen LogP contribution < -0.4 is 10.6 Å². The fourth-order valence-electron chi connectivity index (χ4n) is 2.96. The molecule has 0 unspecified atom stereocenters. The number of carboxylic acids is 1. The van der Waals surface area contributed by atoms with Crippen LogP contribution in [-0.2, 0) is 9.53 Å². The van der Waals surface area contributed by atoms with E-state index in [0.29, 0.717) is 18.9 Å². The average molecular weight is 426 g/mol. The van der Waals surface area contributed by atoms with Crippen molar-refractivity contribution in [3.8, 4) is 5.69 Å². The number of nitrogen functional groups attached to an aromatic ring is 1. The van der Waals surface area contributed by atoms with Crippen molar-refractivity contribution in [1.82, 2.24) is 9.55 Å². The minimum atomic E-state index is -5.08. The van der Waals surface area contributed by atoms with Crippen LogP contribution in [0.5, 0.6) is 0 Å². The minimum absolute atomic E-state index is 0.276. The highest BCUT2D eigenvalue weighted by Crippen LogP contribution is 2.29. The van der Waals surface area contributed by atoms with Gasteiger partial charge in [0.05, 0.1) is 30.1 Å². The fraction of sp³-hybridized carbons (Fsp3) is 0.263. The van der Waals surface area contributed by atoms with Crippen LogP contribution in [0.15, 0.2) is 42.7 Å². The van der Waals surface area contributed by atoms with Crippen molar-refractivity contribution < 1.29 is 32.2 Å². The number of halogens is 4. The number of aliphatic carboxylic acids is 1. The zero-order valence-corrected chi connectivity index (χ0v) is 15.6. The van der Waals surface area contributed by atoms with Gasteiger partial charge in [-0.15, -0.1) is 0 Å². The molecule has 0 spiro atoms. The molecule has 0 atom stereocenters. The van der Waals surface area contributed by atoms with Crippen LogP contribution in [0.4, 0.5) is 28.9 Å². The van der Waals surface area contributed by atoms with Gasteiger partial charge in [-0.1, -0.05) is 6.07 Å². The molecule has 0 saturated carbocycles. The number of aromatic nitrogens is 2. The third-order valence-electron chi connectivity index (χ3n) is 4.37. The van der Waals surface area contributed by atoms with Gasteiger partial charge in [0, 0.05) is 18.8 Å². The van der Waals surface area contributed by atoms with Crippen molar-refractivity contribution in [3.05, 3.63) is 48.5 Å². The second-order valence-electron chi connectivity index (χ2n) is 6.40. The molecule has 4 rings (SSSR count). The summed E-state index contributed by atoms with van der Waals surface area (Å²) in [7, 11) is 0. The molecule has 1 saturated heterocycles. The summed E-state index contributed by atoms with van der Waals surface area (Å²) in [5.74, 6) is -3.03.